The number of aromatic nitrogens is 1. The molecule has 8 heteroatoms. The Hall–Kier alpha value is -2.42. The van der Waals surface area contributed by atoms with Crippen LogP contribution >= 0.6 is 0 Å². The highest BCUT2D eigenvalue weighted by molar-refractivity contribution is 6.04. The number of fused-ring (bicyclic) bond motifs is 1. The van der Waals surface area contributed by atoms with Crippen LogP contribution in [0.2, 0.25) is 0 Å². The predicted molar refractivity (Wildman–Crippen MR) is 99.9 cm³/mol. The number of aromatic amines is 1. The zero-order valence-corrected chi connectivity index (χ0v) is 15.8. The first-order valence-electron chi connectivity index (χ1n) is 9.33. The number of carbonyl (C=O) groups is 2. The number of H-pyrrole nitrogens is 1. The van der Waals surface area contributed by atoms with Crippen molar-refractivity contribution < 1.29 is 34.0 Å². The van der Waals surface area contributed by atoms with Crippen molar-refractivity contribution in [3.8, 4) is 0 Å². The van der Waals surface area contributed by atoms with E-state index in [0.29, 0.717) is 12.0 Å². The smallest absolute Gasteiger partial charge is 0.340 e. The lowest BCUT2D eigenvalue weighted by Gasteiger charge is -2.38. The Morgan fingerprint density at radius 2 is 2.11 bits per heavy atom. The number of para-hydroxylation sites is 1. The van der Waals surface area contributed by atoms with Gasteiger partial charge < -0.3 is 29.4 Å². The highest BCUT2D eigenvalue weighted by Crippen LogP contribution is 2.27. The molecule has 1 saturated heterocycles. The minimum absolute atomic E-state index is 0.0234. The van der Waals surface area contributed by atoms with Gasteiger partial charge in [-0.3, -0.25) is 4.79 Å². The topological polar surface area (TPSA) is 118 Å². The Morgan fingerprint density at radius 1 is 1.36 bits per heavy atom. The molecule has 8 nitrogen and oxygen atoms in total. The Morgan fingerprint density at radius 3 is 2.86 bits per heavy atom. The summed E-state index contributed by atoms with van der Waals surface area (Å²) in [5, 5.41) is 19.8. The molecule has 0 saturated carbocycles. The second kappa shape index (κ2) is 8.72. The van der Waals surface area contributed by atoms with Crippen LogP contribution < -0.4 is 0 Å². The molecular formula is C20H25NO7. The van der Waals surface area contributed by atoms with Crippen LogP contribution in [-0.2, 0) is 19.0 Å². The van der Waals surface area contributed by atoms with Crippen molar-refractivity contribution in [2.24, 2.45) is 0 Å². The molecule has 5 unspecified atom stereocenters. The lowest BCUT2D eigenvalue weighted by atomic mass is 10.0. The molecule has 0 aliphatic carbocycles. The summed E-state index contributed by atoms with van der Waals surface area (Å²) in [7, 11) is 0. The van der Waals surface area contributed by atoms with Gasteiger partial charge in [0.2, 0.25) is 0 Å². The number of aliphatic hydroxyl groups is 1. The molecule has 28 heavy (non-hydrogen) atoms. The quantitative estimate of drug-likeness (QED) is 0.621. The summed E-state index contributed by atoms with van der Waals surface area (Å²) in [4.78, 5) is 26.3. The minimum Gasteiger partial charge on any atom is -0.481 e. The third-order valence-corrected chi connectivity index (χ3v) is 4.86. The summed E-state index contributed by atoms with van der Waals surface area (Å²) in [5.41, 5.74) is 1.27. The van der Waals surface area contributed by atoms with Gasteiger partial charge in [-0.2, -0.15) is 0 Å². The van der Waals surface area contributed by atoms with Gasteiger partial charge in [0.1, 0.15) is 12.2 Å². The SMILES string of the molecule is CC(CCC(=O)O)OC1OC(C)C(OC(=O)c2c[nH]c3ccccc23)CC1O. The average molecular weight is 391 g/mol. The summed E-state index contributed by atoms with van der Waals surface area (Å²) in [5.74, 6) is -1.39. The number of esters is 1. The van der Waals surface area contributed by atoms with Gasteiger partial charge in [0.15, 0.2) is 6.29 Å². The molecule has 5 atom stereocenters. The van der Waals surface area contributed by atoms with Gasteiger partial charge >= 0.3 is 11.9 Å². The first-order valence-corrected chi connectivity index (χ1v) is 9.33. The van der Waals surface area contributed by atoms with Crippen LogP contribution in [0.3, 0.4) is 0 Å². The van der Waals surface area contributed by atoms with E-state index in [0.717, 1.165) is 10.9 Å². The fraction of sp³-hybridized carbons (Fsp3) is 0.500. The molecule has 1 aliphatic heterocycles. The van der Waals surface area contributed by atoms with Gasteiger partial charge in [-0.1, -0.05) is 18.2 Å². The number of carboxylic acid groups (broad SMARTS) is 1. The fourth-order valence-electron chi connectivity index (χ4n) is 3.26. The number of hydrogen-bond donors (Lipinski definition) is 3. The molecule has 3 rings (SSSR count). The van der Waals surface area contributed by atoms with E-state index >= 15 is 0 Å². The fourth-order valence-corrected chi connectivity index (χ4v) is 3.26. The van der Waals surface area contributed by atoms with Crippen LogP contribution in [0.5, 0.6) is 0 Å². The molecule has 0 bridgehead atoms. The van der Waals surface area contributed by atoms with E-state index in [1.165, 1.54) is 0 Å². The Bertz CT molecular complexity index is 833. The minimum atomic E-state index is -0.982. The number of carboxylic acids is 1. The van der Waals surface area contributed by atoms with Gasteiger partial charge in [0.25, 0.3) is 0 Å². The third kappa shape index (κ3) is 4.70. The van der Waals surface area contributed by atoms with Crippen LogP contribution in [0.1, 0.15) is 43.5 Å². The number of carbonyl (C=O) groups excluding carboxylic acids is 1. The maximum absolute atomic E-state index is 12.6. The zero-order chi connectivity index (χ0) is 20.3. The molecule has 2 aromatic rings. The van der Waals surface area contributed by atoms with Crippen LogP contribution in [0.15, 0.2) is 30.5 Å². The van der Waals surface area contributed by atoms with Gasteiger partial charge in [-0.15, -0.1) is 0 Å². The zero-order valence-electron chi connectivity index (χ0n) is 15.8. The summed E-state index contributed by atoms with van der Waals surface area (Å²) in [6.07, 6.45) is -1.28. The summed E-state index contributed by atoms with van der Waals surface area (Å²) >= 11 is 0. The van der Waals surface area contributed by atoms with Crippen molar-refractivity contribution in [2.45, 2.75) is 63.8 Å². The number of ether oxygens (including phenoxy) is 3. The first-order chi connectivity index (χ1) is 13.3. The monoisotopic (exact) mass is 391 g/mol. The molecule has 0 radical (unpaired) electrons. The molecule has 1 fully saturated rings. The van der Waals surface area contributed by atoms with Crippen molar-refractivity contribution >= 4 is 22.8 Å². The van der Waals surface area contributed by atoms with Crippen LogP contribution in [0.4, 0.5) is 0 Å². The average Bonchev–Trinajstić information content (AvgIpc) is 3.08. The molecule has 0 spiro atoms. The van der Waals surface area contributed by atoms with Crippen LogP contribution in [0.25, 0.3) is 10.9 Å². The maximum Gasteiger partial charge on any atom is 0.340 e. The van der Waals surface area contributed by atoms with Crippen molar-refractivity contribution in [1.82, 2.24) is 4.98 Å². The largest absolute Gasteiger partial charge is 0.481 e. The Labute approximate surface area is 162 Å². The van der Waals surface area contributed by atoms with E-state index in [1.54, 1.807) is 20.0 Å². The van der Waals surface area contributed by atoms with Crippen molar-refractivity contribution in [1.29, 1.82) is 0 Å². The number of aliphatic carboxylic acids is 1. The van der Waals surface area contributed by atoms with Gasteiger partial charge in [-0.25, -0.2) is 4.79 Å². The lowest BCUT2D eigenvalue weighted by molar-refractivity contribution is -0.273. The number of aliphatic hydroxyl groups excluding tert-OH is 1. The van der Waals surface area contributed by atoms with E-state index in [4.69, 9.17) is 19.3 Å². The van der Waals surface area contributed by atoms with E-state index in [1.807, 2.05) is 24.3 Å². The van der Waals surface area contributed by atoms with Gasteiger partial charge in [0, 0.05) is 29.9 Å². The third-order valence-electron chi connectivity index (χ3n) is 4.86. The molecule has 0 amide bonds. The van der Waals surface area contributed by atoms with Crippen LogP contribution in [-0.4, -0.2) is 57.8 Å². The molecule has 2 heterocycles. The number of benzene rings is 1. The Kier molecular flexibility index (Phi) is 6.33. The molecule has 1 aromatic carbocycles. The lowest BCUT2D eigenvalue weighted by Crippen LogP contribution is -2.49. The van der Waals surface area contributed by atoms with E-state index in [9.17, 15) is 14.7 Å². The van der Waals surface area contributed by atoms with Crippen LogP contribution in [0, 0.1) is 0 Å². The highest BCUT2D eigenvalue weighted by atomic mass is 16.7. The van der Waals surface area contributed by atoms with Crippen molar-refractivity contribution in [3.05, 3.63) is 36.0 Å². The molecule has 3 N–H and O–H groups in total. The highest BCUT2D eigenvalue weighted by Gasteiger charge is 2.38. The molecule has 152 valence electrons. The standard InChI is InChI=1S/C20H25NO7/c1-11(7-8-18(23)24)26-20-16(22)9-17(12(2)27-20)28-19(25)14-10-21-15-6-4-3-5-13(14)15/h3-6,10-12,16-17,20-22H,7-9H2,1-2H3,(H,23,24). The molecular weight excluding hydrogens is 366 g/mol. The van der Waals surface area contributed by atoms with E-state index in [2.05, 4.69) is 4.98 Å². The summed E-state index contributed by atoms with van der Waals surface area (Å²) < 4.78 is 16.9. The number of rotatable bonds is 7. The van der Waals surface area contributed by atoms with Crippen molar-refractivity contribution in [3.63, 3.8) is 0 Å². The second-order valence-electron chi connectivity index (χ2n) is 7.08. The summed E-state index contributed by atoms with van der Waals surface area (Å²) in [6.45, 7) is 3.48. The molecule has 1 aliphatic rings. The number of nitrogens with one attached hydrogen (secondary N) is 1. The van der Waals surface area contributed by atoms with Crippen molar-refractivity contribution in [2.75, 3.05) is 0 Å². The maximum atomic E-state index is 12.6. The van der Waals surface area contributed by atoms with Gasteiger partial charge in [0.05, 0.1) is 17.8 Å². The summed E-state index contributed by atoms with van der Waals surface area (Å²) in [6, 6.07) is 7.42. The number of hydrogen-bond acceptors (Lipinski definition) is 6. The normalized spacial score (nSPS) is 26.1. The Balaban J connectivity index is 1.58. The van der Waals surface area contributed by atoms with E-state index < -0.39 is 36.5 Å². The molecule has 1 aromatic heterocycles. The predicted octanol–water partition coefficient (Wildman–Crippen LogP) is 2.46. The first kappa shape index (κ1) is 20.3. The van der Waals surface area contributed by atoms with E-state index in [-0.39, 0.29) is 18.9 Å². The second-order valence-corrected chi connectivity index (χ2v) is 7.08. The van der Waals surface area contributed by atoms with Gasteiger partial charge in [-0.05, 0) is 26.3 Å².